The molecule has 0 unspecified atom stereocenters. The molecule has 0 saturated carbocycles. The summed E-state index contributed by atoms with van der Waals surface area (Å²) >= 11 is 5.86. The van der Waals surface area contributed by atoms with Crippen molar-refractivity contribution in [3.63, 3.8) is 0 Å². The number of esters is 1. The zero-order chi connectivity index (χ0) is 31.5. The van der Waals surface area contributed by atoms with Crippen LogP contribution in [0.25, 0.3) is 0 Å². The molecule has 0 aliphatic heterocycles. The van der Waals surface area contributed by atoms with Gasteiger partial charge < -0.3 is 24.8 Å². The van der Waals surface area contributed by atoms with Gasteiger partial charge in [-0.2, -0.15) is 5.10 Å². The number of benzene rings is 4. The first-order valence-electron chi connectivity index (χ1n) is 13.2. The molecule has 0 heterocycles. The number of nitrogens with zero attached hydrogens (tertiary/aromatic N) is 1. The van der Waals surface area contributed by atoms with Gasteiger partial charge in [0.2, 0.25) is 0 Å². The second kappa shape index (κ2) is 15.0. The van der Waals surface area contributed by atoms with E-state index in [0.717, 1.165) is 0 Å². The van der Waals surface area contributed by atoms with Crippen molar-refractivity contribution in [2.45, 2.75) is 6.92 Å². The maximum absolute atomic E-state index is 12.9. The van der Waals surface area contributed by atoms with Crippen LogP contribution in [-0.2, 0) is 9.59 Å². The molecule has 0 radical (unpaired) electrons. The molecule has 0 spiro atoms. The minimum atomic E-state index is -1.07. The Bertz CT molecular complexity index is 1690. The first kappa shape index (κ1) is 31.3. The molecule has 224 valence electrons. The topological polar surface area (TPSA) is 144 Å². The molecular formula is C32H27ClN4O7. The fourth-order valence-electron chi connectivity index (χ4n) is 3.78. The summed E-state index contributed by atoms with van der Waals surface area (Å²) in [7, 11) is 1.40. The standard InChI is InChI=1S/C32H27ClN4O7/c1-3-43-24-15-13-23(14-16-24)35-29(38)25-6-4-5-7-26(25)36-30(39)31(40)37-34-19-20-8-17-27(28(18-20)42-2)44-32(41)21-9-11-22(33)12-10-21/h4-19H,3H2,1-2H3,(H,35,38)(H,36,39)(H,37,40)/b34-19-. The van der Waals surface area contributed by atoms with Gasteiger partial charge in [-0.1, -0.05) is 23.7 Å². The van der Waals surface area contributed by atoms with Crippen LogP contribution in [-0.4, -0.2) is 43.6 Å². The van der Waals surface area contributed by atoms with Gasteiger partial charge in [0, 0.05) is 10.7 Å². The van der Waals surface area contributed by atoms with Gasteiger partial charge in [-0.25, -0.2) is 10.2 Å². The van der Waals surface area contributed by atoms with Crippen molar-refractivity contribution in [2.75, 3.05) is 24.4 Å². The number of hydrogen-bond acceptors (Lipinski definition) is 8. The van der Waals surface area contributed by atoms with E-state index < -0.39 is 23.7 Å². The van der Waals surface area contributed by atoms with Crippen molar-refractivity contribution in [1.29, 1.82) is 0 Å². The van der Waals surface area contributed by atoms with E-state index in [0.29, 0.717) is 34.2 Å². The highest BCUT2D eigenvalue weighted by Crippen LogP contribution is 2.28. The third-order valence-corrected chi connectivity index (χ3v) is 6.15. The summed E-state index contributed by atoms with van der Waals surface area (Å²) in [5.41, 5.74) is 3.72. The minimum absolute atomic E-state index is 0.133. The van der Waals surface area contributed by atoms with Gasteiger partial charge in [0.1, 0.15) is 5.75 Å². The van der Waals surface area contributed by atoms with E-state index in [1.54, 1.807) is 54.6 Å². The smallest absolute Gasteiger partial charge is 0.343 e. The van der Waals surface area contributed by atoms with Crippen molar-refractivity contribution in [1.82, 2.24) is 5.43 Å². The number of para-hydroxylation sites is 1. The van der Waals surface area contributed by atoms with E-state index >= 15 is 0 Å². The van der Waals surface area contributed by atoms with Crippen molar-refractivity contribution in [3.05, 3.63) is 113 Å². The van der Waals surface area contributed by atoms with E-state index in [2.05, 4.69) is 21.2 Å². The number of halogens is 1. The van der Waals surface area contributed by atoms with Crippen LogP contribution in [0.3, 0.4) is 0 Å². The highest BCUT2D eigenvalue weighted by atomic mass is 35.5. The van der Waals surface area contributed by atoms with Gasteiger partial charge in [0.05, 0.1) is 36.7 Å². The lowest BCUT2D eigenvalue weighted by Crippen LogP contribution is -2.33. The largest absolute Gasteiger partial charge is 0.494 e. The fraction of sp³-hybridized carbons (Fsp3) is 0.0938. The van der Waals surface area contributed by atoms with Gasteiger partial charge >= 0.3 is 17.8 Å². The number of rotatable bonds is 10. The van der Waals surface area contributed by atoms with Crippen molar-refractivity contribution >= 4 is 52.9 Å². The predicted octanol–water partition coefficient (Wildman–Crippen LogP) is 5.31. The maximum Gasteiger partial charge on any atom is 0.343 e. The number of hydrogen-bond donors (Lipinski definition) is 3. The minimum Gasteiger partial charge on any atom is -0.494 e. The molecule has 0 saturated heterocycles. The first-order valence-corrected chi connectivity index (χ1v) is 13.6. The Morgan fingerprint density at radius 3 is 2.27 bits per heavy atom. The summed E-state index contributed by atoms with van der Waals surface area (Å²) in [5.74, 6) is -2.12. The number of hydrazone groups is 1. The summed E-state index contributed by atoms with van der Waals surface area (Å²) in [4.78, 5) is 50.3. The highest BCUT2D eigenvalue weighted by Gasteiger charge is 2.18. The van der Waals surface area contributed by atoms with E-state index in [-0.39, 0.29) is 22.7 Å². The summed E-state index contributed by atoms with van der Waals surface area (Å²) < 4.78 is 16.1. The van der Waals surface area contributed by atoms with Gasteiger partial charge in [-0.05, 0) is 91.3 Å². The van der Waals surface area contributed by atoms with Crippen LogP contribution in [0.5, 0.6) is 17.2 Å². The van der Waals surface area contributed by atoms with Crippen LogP contribution in [0.15, 0.2) is 96.1 Å². The molecule has 4 aromatic rings. The molecule has 4 aromatic carbocycles. The van der Waals surface area contributed by atoms with E-state index in [4.69, 9.17) is 25.8 Å². The third-order valence-electron chi connectivity index (χ3n) is 5.90. The number of amides is 3. The Balaban J connectivity index is 1.34. The summed E-state index contributed by atoms with van der Waals surface area (Å²) in [5, 5.41) is 9.47. The molecule has 11 nitrogen and oxygen atoms in total. The van der Waals surface area contributed by atoms with Crippen molar-refractivity contribution in [3.8, 4) is 17.2 Å². The Morgan fingerprint density at radius 2 is 1.57 bits per heavy atom. The van der Waals surface area contributed by atoms with Gasteiger partial charge in [0.25, 0.3) is 5.91 Å². The Labute approximate surface area is 257 Å². The van der Waals surface area contributed by atoms with Crippen LogP contribution in [0.4, 0.5) is 11.4 Å². The predicted molar refractivity (Wildman–Crippen MR) is 166 cm³/mol. The monoisotopic (exact) mass is 614 g/mol. The molecule has 0 bridgehead atoms. The Morgan fingerprint density at radius 1 is 0.841 bits per heavy atom. The number of anilines is 2. The van der Waals surface area contributed by atoms with Crippen molar-refractivity contribution < 1.29 is 33.4 Å². The lowest BCUT2D eigenvalue weighted by Gasteiger charge is -2.11. The number of methoxy groups -OCH3 is 1. The SMILES string of the molecule is CCOc1ccc(NC(=O)c2ccccc2NC(=O)C(=O)N/N=C\c2ccc(OC(=O)c3ccc(Cl)cc3)c(OC)c2)cc1. The van der Waals surface area contributed by atoms with Crippen LogP contribution < -0.4 is 30.3 Å². The summed E-state index contributed by atoms with van der Waals surface area (Å²) in [6.45, 7) is 2.39. The number of ether oxygens (including phenoxy) is 3. The molecule has 0 aliphatic carbocycles. The zero-order valence-corrected chi connectivity index (χ0v) is 24.4. The first-order chi connectivity index (χ1) is 21.3. The highest BCUT2D eigenvalue weighted by molar-refractivity contribution is 6.40. The fourth-order valence-corrected chi connectivity index (χ4v) is 3.90. The van der Waals surface area contributed by atoms with Crippen LogP contribution in [0.1, 0.15) is 33.2 Å². The van der Waals surface area contributed by atoms with Gasteiger partial charge in [-0.3, -0.25) is 14.4 Å². The van der Waals surface area contributed by atoms with Gasteiger partial charge in [0.15, 0.2) is 11.5 Å². The van der Waals surface area contributed by atoms with Crippen LogP contribution >= 0.6 is 11.6 Å². The molecule has 0 aromatic heterocycles. The molecule has 12 heteroatoms. The molecule has 3 N–H and O–H groups in total. The molecule has 3 amide bonds. The third kappa shape index (κ3) is 8.43. The lowest BCUT2D eigenvalue weighted by molar-refractivity contribution is -0.136. The number of carbonyl (C=O) groups excluding carboxylic acids is 4. The van der Waals surface area contributed by atoms with Crippen LogP contribution in [0, 0.1) is 0 Å². The van der Waals surface area contributed by atoms with Crippen LogP contribution in [0.2, 0.25) is 5.02 Å². The summed E-state index contributed by atoms with van der Waals surface area (Å²) in [6.07, 6.45) is 1.27. The molecular weight excluding hydrogens is 588 g/mol. The Kier molecular flexibility index (Phi) is 10.6. The zero-order valence-electron chi connectivity index (χ0n) is 23.6. The molecule has 0 aliphatic rings. The second-order valence-electron chi connectivity index (χ2n) is 8.92. The molecule has 0 fully saturated rings. The van der Waals surface area contributed by atoms with E-state index in [9.17, 15) is 19.2 Å². The number of carbonyl (C=O) groups is 4. The van der Waals surface area contributed by atoms with E-state index in [1.807, 2.05) is 6.92 Å². The number of nitrogens with one attached hydrogen (secondary N) is 3. The second-order valence-corrected chi connectivity index (χ2v) is 9.35. The summed E-state index contributed by atoms with van der Waals surface area (Å²) in [6, 6.07) is 23.9. The van der Waals surface area contributed by atoms with E-state index in [1.165, 1.54) is 49.7 Å². The lowest BCUT2D eigenvalue weighted by atomic mass is 10.1. The normalized spacial score (nSPS) is 10.5. The molecule has 44 heavy (non-hydrogen) atoms. The van der Waals surface area contributed by atoms with Gasteiger partial charge in [-0.15, -0.1) is 0 Å². The average Bonchev–Trinajstić information content (AvgIpc) is 3.03. The quantitative estimate of drug-likeness (QED) is 0.0722. The van der Waals surface area contributed by atoms with Crippen molar-refractivity contribution in [2.24, 2.45) is 5.10 Å². The average molecular weight is 615 g/mol. The molecule has 4 rings (SSSR count). The molecule has 0 atom stereocenters. The Hall–Kier alpha value is -5.68. The maximum atomic E-state index is 12.9.